The number of anilines is 3. The molecule has 2 aromatic carbocycles. The summed E-state index contributed by atoms with van der Waals surface area (Å²) in [5, 5.41) is 2.20. The minimum absolute atomic E-state index is 0.0157. The number of aromatic nitrogens is 1. The zero-order chi connectivity index (χ0) is 24.2. The third kappa shape index (κ3) is 6.40. The second-order valence-corrected chi connectivity index (χ2v) is 10.8. The minimum atomic E-state index is -3.89. The van der Waals surface area contributed by atoms with Gasteiger partial charge in [0.25, 0.3) is 10.0 Å². The Kier molecular flexibility index (Phi) is 7.20. The summed E-state index contributed by atoms with van der Waals surface area (Å²) in [4.78, 5) is 16.2. The highest BCUT2D eigenvalue weighted by Gasteiger charge is 2.22. The number of carbonyl (C=O) groups is 1. The zero-order valence-corrected chi connectivity index (χ0v) is 19.5. The maximum atomic E-state index is 13.4. The predicted octanol–water partition coefficient (Wildman–Crippen LogP) is 3.08. The second kappa shape index (κ2) is 9.73. The number of benzene rings is 2. The topological polar surface area (TPSA) is 126 Å². The van der Waals surface area contributed by atoms with Gasteiger partial charge in [0, 0.05) is 11.9 Å². The van der Waals surface area contributed by atoms with E-state index in [1.165, 1.54) is 42.7 Å². The van der Waals surface area contributed by atoms with Gasteiger partial charge >= 0.3 is 0 Å². The number of pyridine rings is 1. The number of hydrogen-bond donors (Lipinski definition) is 2. The van der Waals surface area contributed by atoms with E-state index in [-0.39, 0.29) is 27.0 Å². The SMILES string of the molecule is CS(=O)(=O)N(CC(=O)Nc1ccc(S(=O)(=O)Nc2cccnc2)cc1)c1ccc(F)c(Cl)c1. The lowest BCUT2D eigenvalue weighted by atomic mass is 10.3. The molecule has 3 aromatic rings. The average molecular weight is 513 g/mol. The van der Waals surface area contributed by atoms with Crippen molar-refractivity contribution in [2.45, 2.75) is 4.90 Å². The van der Waals surface area contributed by atoms with Crippen LogP contribution in [-0.4, -0.2) is 40.5 Å². The lowest BCUT2D eigenvalue weighted by Crippen LogP contribution is -2.37. The lowest BCUT2D eigenvalue weighted by Gasteiger charge is -2.22. The van der Waals surface area contributed by atoms with Crippen molar-refractivity contribution in [3.63, 3.8) is 0 Å². The number of halogens is 2. The van der Waals surface area contributed by atoms with Crippen molar-refractivity contribution < 1.29 is 26.0 Å². The second-order valence-electron chi connectivity index (χ2n) is 6.79. The molecule has 0 unspecified atom stereocenters. The molecule has 0 saturated heterocycles. The molecule has 1 aromatic heterocycles. The normalized spacial score (nSPS) is 11.6. The molecule has 1 heterocycles. The van der Waals surface area contributed by atoms with E-state index < -0.39 is 38.3 Å². The first-order chi connectivity index (χ1) is 15.5. The summed E-state index contributed by atoms with van der Waals surface area (Å²) in [5.74, 6) is -1.43. The van der Waals surface area contributed by atoms with Crippen molar-refractivity contribution in [3.05, 3.63) is 77.8 Å². The van der Waals surface area contributed by atoms with E-state index in [0.717, 1.165) is 22.7 Å². The summed E-state index contributed by atoms with van der Waals surface area (Å²) in [7, 11) is -7.77. The van der Waals surface area contributed by atoms with E-state index in [0.29, 0.717) is 0 Å². The standard InChI is InChI=1S/C20H18ClFN4O5S2/c1-32(28,29)26(16-6-9-19(22)18(21)11-16)13-20(27)24-14-4-7-17(8-5-14)33(30,31)25-15-3-2-10-23-12-15/h2-12,25H,13H2,1H3,(H,24,27). The molecule has 0 spiro atoms. The number of carbonyl (C=O) groups excluding carboxylic acids is 1. The van der Waals surface area contributed by atoms with Gasteiger partial charge in [0.05, 0.1) is 33.7 Å². The van der Waals surface area contributed by atoms with Crippen LogP contribution in [0, 0.1) is 5.82 Å². The fourth-order valence-electron chi connectivity index (χ4n) is 2.73. The summed E-state index contributed by atoms with van der Waals surface area (Å²) in [6.45, 7) is -0.608. The van der Waals surface area contributed by atoms with Crippen molar-refractivity contribution in [1.29, 1.82) is 0 Å². The Labute approximate surface area is 195 Å². The minimum Gasteiger partial charge on any atom is -0.325 e. The van der Waals surface area contributed by atoms with Gasteiger partial charge in [0.2, 0.25) is 15.9 Å². The molecule has 1 amide bonds. The van der Waals surface area contributed by atoms with Crippen molar-refractivity contribution in [2.75, 3.05) is 27.1 Å². The van der Waals surface area contributed by atoms with Gasteiger partial charge in [-0.3, -0.25) is 18.8 Å². The highest BCUT2D eigenvalue weighted by molar-refractivity contribution is 7.92. The van der Waals surface area contributed by atoms with Gasteiger partial charge in [-0.15, -0.1) is 0 Å². The molecule has 0 saturated carbocycles. The first kappa shape index (κ1) is 24.4. The molecule has 0 bridgehead atoms. The van der Waals surface area contributed by atoms with Gasteiger partial charge in [-0.05, 0) is 54.6 Å². The van der Waals surface area contributed by atoms with Gasteiger partial charge < -0.3 is 5.32 Å². The van der Waals surface area contributed by atoms with E-state index in [9.17, 15) is 26.0 Å². The molecule has 3 rings (SSSR count). The maximum Gasteiger partial charge on any atom is 0.261 e. The Bertz CT molecular complexity index is 1370. The fourth-order valence-corrected chi connectivity index (χ4v) is 4.79. The third-order valence-corrected chi connectivity index (χ3v) is 7.07. The first-order valence-electron chi connectivity index (χ1n) is 9.21. The fraction of sp³-hybridized carbons (Fsp3) is 0.100. The molecule has 0 fully saturated rings. The number of rotatable bonds is 8. The van der Waals surface area contributed by atoms with E-state index in [2.05, 4.69) is 15.0 Å². The molecule has 13 heteroatoms. The highest BCUT2D eigenvalue weighted by atomic mass is 35.5. The van der Waals surface area contributed by atoms with Crippen molar-refractivity contribution in [2.24, 2.45) is 0 Å². The van der Waals surface area contributed by atoms with Crippen molar-refractivity contribution in [3.8, 4) is 0 Å². The largest absolute Gasteiger partial charge is 0.325 e. The van der Waals surface area contributed by atoms with Crippen LogP contribution < -0.4 is 14.3 Å². The Hall–Kier alpha value is -3.22. The predicted molar refractivity (Wildman–Crippen MR) is 124 cm³/mol. The van der Waals surface area contributed by atoms with Crippen LogP contribution in [0.1, 0.15) is 0 Å². The average Bonchev–Trinajstić information content (AvgIpc) is 2.74. The molecule has 33 heavy (non-hydrogen) atoms. The van der Waals surface area contributed by atoms with Crippen LogP contribution >= 0.6 is 11.6 Å². The molecule has 0 atom stereocenters. The monoisotopic (exact) mass is 512 g/mol. The van der Waals surface area contributed by atoms with Crippen LogP contribution in [0.2, 0.25) is 5.02 Å². The number of amides is 1. The molecule has 174 valence electrons. The Balaban J connectivity index is 1.72. The number of nitrogens with one attached hydrogen (secondary N) is 2. The van der Waals surface area contributed by atoms with Crippen LogP contribution in [0.5, 0.6) is 0 Å². The van der Waals surface area contributed by atoms with E-state index in [1.807, 2.05) is 0 Å². The van der Waals surface area contributed by atoms with E-state index in [1.54, 1.807) is 12.1 Å². The molecule has 2 N–H and O–H groups in total. The molecule has 0 radical (unpaired) electrons. The van der Waals surface area contributed by atoms with Crippen LogP contribution in [0.3, 0.4) is 0 Å². The molecular weight excluding hydrogens is 495 g/mol. The lowest BCUT2D eigenvalue weighted by molar-refractivity contribution is -0.114. The van der Waals surface area contributed by atoms with Gasteiger partial charge in [-0.25, -0.2) is 21.2 Å². The van der Waals surface area contributed by atoms with Crippen molar-refractivity contribution in [1.82, 2.24) is 4.98 Å². The van der Waals surface area contributed by atoms with Gasteiger partial charge in [0.1, 0.15) is 12.4 Å². The molecule has 9 nitrogen and oxygen atoms in total. The Morgan fingerprint density at radius 3 is 2.33 bits per heavy atom. The van der Waals surface area contributed by atoms with E-state index in [4.69, 9.17) is 11.6 Å². The highest BCUT2D eigenvalue weighted by Crippen LogP contribution is 2.24. The Morgan fingerprint density at radius 2 is 1.76 bits per heavy atom. The maximum absolute atomic E-state index is 13.4. The molecule has 0 aliphatic rings. The quantitative estimate of drug-likeness (QED) is 0.477. The Morgan fingerprint density at radius 1 is 1.06 bits per heavy atom. The van der Waals surface area contributed by atoms with Gasteiger partial charge in [0.15, 0.2) is 0 Å². The van der Waals surface area contributed by atoms with Crippen LogP contribution in [-0.2, 0) is 24.8 Å². The molecule has 0 aliphatic carbocycles. The zero-order valence-electron chi connectivity index (χ0n) is 17.1. The van der Waals surface area contributed by atoms with E-state index >= 15 is 0 Å². The van der Waals surface area contributed by atoms with Crippen LogP contribution in [0.25, 0.3) is 0 Å². The summed E-state index contributed by atoms with van der Waals surface area (Å²) < 4.78 is 65.8. The molecular formula is C20H18ClFN4O5S2. The summed E-state index contributed by atoms with van der Waals surface area (Å²) in [5.41, 5.74) is 0.546. The van der Waals surface area contributed by atoms with Gasteiger partial charge in [-0.1, -0.05) is 11.6 Å². The smallest absolute Gasteiger partial charge is 0.261 e. The number of sulfonamides is 2. The number of hydrogen-bond acceptors (Lipinski definition) is 6. The van der Waals surface area contributed by atoms with Gasteiger partial charge in [-0.2, -0.15) is 0 Å². The summed E-state index contributed by atoms with van der Waals surface area (Å²) in [6.07, 6.45) is 3.76. The molecule has 0 aliphatic heterocycles. The first-order valence-corrected chi connectivity index (χ1v) is 12.9. The summed E-state index contributed by atoms with van der Waals surface area (Å²) >= 11 is 5.72. The van der Waals surface area contributed by atoms with Crippen LogP contribution in [0.15, 0.2) is 71.9 Å². The van der Waals surface area contributed by atoms with Crippen LogP contribution in [0.4, 0.5) is 21.5 Å². The number of nitrogens with zero attached hydrogens (tertiary/aromatic N) is 2. The summed E-state index contributed by atoms with van der Waals surface area (Å²) in [6, 6.07) is 11.7. The third-order valence-electron chi connectivity index (χ3n) is 4.24. The van der Waals surface area contributed by atoms with Crippen molar-refractivity contribution >= 4 is 54.6 Å².